The van der Waals surface area contributed by atoms with Crippen LogP contribution in [-0.2, 0) is 4.84 Å². The first-order chi connectivity index (χ1) is 13.1. The van der Waals surface area contributed by atoms with Crippen molar-refractivity contribution in [2.75, 3.05) is 5.48 Å². The number of nitrogens with one attached hydrogen (secondary N) is 1. The molecule has 0 fully saturated rings. The Hall–Kier alpha value is -3.39. The van der Waals surface area contributed by atoms with Crippen LogP contribution < -0.4 is 5.48 Å². The van der Waals surface area contributed by atoms with Gasteiger partial charge in [0, 0.05) is 22.4 Å². The Kier molecular flexibility index (Phi) is 6.01. The second-order valence-electron chi connectivity index (χ2n) is 5.26. The van der Waals surface area contributed by atoms with E-state index in [2.05, 4.69) is 36.6 Å². The number of azo groups is 1. The van der Waals surface area contributed by atoms with Crippen LogP contribution in [0, 0.1) is 0 Å². The van der Waals surface area contributed by atoms with Crippen LogP contribution in [0.3, 0.4) is 0 Å². The zero-order chi connectivity index (χ0) is 19.1. The van der Waals surface area contributed by atoms with E-state index in [9.17, 15) is 9.59 Å². The van der Waals surface area contributed by atoms with Crippen molar-refractivity contribution in [2.24, 2.45) is 10.2 Å². The summed E-state index contributed by atoms with van der Waals surface area (Å²) in [6.07, 6.45) is 3.02. The van der Waals surface area contributed by atoms with Crippen molar-refractivity contribution in [1.82, 2.24) is 4.98 Å². The van der Waals surface area contributed by atoms with Crippen LogP contribution in [0.4, 0.5) is 11.4 Å². The molecule has 0 saturated carbocycles. The summed E-state index contributed by atoms with van der Waals surface area (Å²) >= 11 is 3.30. The van der Waals surface area contributed by atoms with E-state index >= 15 is 0 Å². The zero-order valence-corrected chi connectivity index (χ0v) is 15.5. The van der Waals surface area contributed by atoms with Crippen LogP contribution in [0.2, 0.25) is 0 Å². The van der Waals surface area contributed by atoms with Crippen LogP contribution in [0.5, 0.6) is 0 Å². The molecule has 0 saturated heterocycles. The predicted octanol–water partition coefficient (Wildman–Crippen LogP) is 4.95. The van der Waals surface area contributed by atoms with Gasteiger partial charge in [0.25, 0.3) is 5.91 Å². The van der Waals surface area contributed by atoms with Gasteiger partial charge in [0.1, 0.15) is 0 Å². The molecule has 134 valence electrons. The molecule has 0 spiro atoms. The Labute approximate surface area is 163 Å². The molecule has 1 N–H and O–H groups in total. The topological polar surface area (TPSA) is 93.0 Å². The number of nitrogens with zero attached hydrogens (tertiary/aromatic N) is 3. The van der Waals surface area contributed by atoms with Gasteiger partial charge in [-0.25, -0.2) is 10.3 Å². The van der Waals surface area contributed by atoms with Crippen molar-refractivity contribution < 1.29 is 14.4 Å². The molecule has 7 nitrogen and oxygen atoms in total. The summed E-state index contributed by atoms with van der Waals surface area (Å²) in [6, 6.07) is 16.7. The van der Waals surface area contributed by atoms with Crippen molar-refractivity contribution in [3.63, 3.8) is 0 Å². The maximum atomic E-state index is 12.0. The monoisotopic (exact) mass is 424 g/mol. The van der Waals surface area contributed by atoms with Gasteiger partial charge in [-0.3, -0.25) is 9.78 Å². The number of hydrogen-bond acceptors (Lipinski definition) is 6. The molecular formula is C19H13BrN4O3. The van der Waals surface area contributed by atoms with Gasteiger partial charge in [0.15, 0.2) is 0 Å². The van der Waals surface area contributed by atoms with E-state index in [1.165, 1.54) is 12.4 Å². The second kappa shape index (κ2) is 8.81. The normalized spacial score (nSPS) is 10.6. The van der Waals surface area contributed by atoms with E-state index in [4.69, 9.17) is 4.84 Å². The maximum absolute atomic E-state index is 12.0. The number of halogens is 1. The molecule has 0 radical (unpaired) electrons. The molecule has 3 rings (SSSR count). The van der Waals surface area contributed by atoms with Crippen LogP contribution in [0.15, 0.2) is 87.8 Å². The quantitative estimate of drug-likeness (QED) is 0.461. The first kappa shape index (κ1) is 18.4. The minimum atomic E-state index is -0.519. The van der Waals surface area contributed by atoms with Crippen LogP contribution in [0.25, 0.3) is 0 Å². The summed E-state index contributed by atoms with van der Waals surface area (Å²) in [6.45, 7) is 0. The SMILES string of the molecule is O=C(N=Nc1ccc(NOC(=O)c2ccccc2Br)cc1)c1ccncc1. The lowest BCUT2D eigenvalue weighted by molar-refractivity contribution is 0.0595. The minimum Gasteiger partial charge on any atom is -0.338 e. The van der Waals surface area contributed by atoms with E-state index in [1.54, 1.807) is 60.7 Å². The van der Waals surface area contributed by atoms with Crippen molar-refractivity contribution in [3.05, 3.63) is 88.7 Å². The highest BCUT2D eigenvalue weighted by atomic mass is 79.9. The van der Waals surface area contributed by atoms with E-state index in [0.717, 1.165) is 0 Å². The Morgan fingerprint density at radius 3 is 2.37 bits per heavy atom. The summed E-state index contributed by atoms with van der Waals surface area (Å²) in [5.41, 5.74) is 4.42. The average Bonchev–Trinajstić information content (AvgIpc) is 2.72. The van der Waals surface area contributed by atoms with Crippen molar-refractivity contribution in [3.8, 4) is 0 Å². The smallest absolute Gasteiger partial charge is 0.338 e. The van der Waals surface area contributed by atoms with E-state index in [1.807, 2.05) is 0 Å². The average molecular weight is 425 g/mol. The standard InChI is InChI=1S/C19H13BrN4O3/c20-17-4-2-1-3-16(17)19(26)27-24-15-7-5-14(6-8-15)22-23-18(25)13-9-11-21-12-10-13/h1-12,24H. The Balaban J connectivity index is 1.57. The van der Waals surface area contributed by atoms with Gasteiger partial charge in [-0.05, 0) is 64.5 Å². The van der Waals surface area contributed by atoms with E-state index < -0.39 is 11.9 Å². The number of aromatic nitrogens is 1. The first-order valence-corrected chi connectivity index (χ1v) is 8.60. The molecule has 8 heteroatoms. The molecule has 1 heterocycles. The first-order valence-electron chi connectivity index (χ1n) is 7.81. The number of rotatable bonds is 5. The number of carbonyl (C=O) groups excluding carboxylic acids is 2. The lowest BCUT2D eigenvalue weighted by atomic mass is 10.2. The lowest BCUT2D eigenvalue weighted by Gasteiger charge is -2.07. The third-order valence-electron chi connectivity index (χ3n) is 3.41. The van der Waals surface area contributed by atoms with Gasteiger partial charge in [0.05, 0.1) is 16.9 Å². The molecule has 3 aromatic rings. The fourth-order valence-electron chi connectivity index (χ4n) is 2.04. The van der Waals surface area contributed by atoms with Gasteiger partial charge in [-0.15, -0.1) is 10.2 Å². The lowest BCUT2D eigenvalue weighted by Crippen LogP contribution is -2.11. The summed E-state index contributed by atoms with van der Waals surface area (Å²) < 4.78 is 0.645. The predicted molar refractivity (Wildman–Crippen MR) is 103 cm³/mol. The van der Waals surface area contributed by atoms with Crippen molar-refractivity contribution in [2.45, 2.75) is 0 Å². The highest BCUT2D eigenvalue weighted by molar-refractivity contribution is 9.10. The van der Waals surface area contributed by atoms with Gasteiger partial charge in [0.2, 0.25) is 0 Å². The summed E-state index contributed by atoms with van der Waals surface area (Å²) in [7, 11) is 0. The number of anilines is 1. The van der Waals surface area contributed by atoms with Crippen molar-refractivity contribution in [1.29, 1.82) is 0 Å². The fraction of sp³-hybridized carbons (Fsp3) is 0. The summed E-state index contributed by atoms with van der Waals surface area (Å²) in [5, 5.41) is 7.56. The largest absolute Gasteiger partial charge is 0.363 e. The molecule has 0 bridgehead atoms. The molecule has 0 aliphatic heterocycles. The number of carbonyl (C=O) groups is 2. The molecule has 27 heavy (non-hydrogen) atoms. The molecule has 1 aromatic heterocycles. The van der Waals surface area contributed by atoms with E-state index in [-0.39, 0.29) is 0 Å². The Morgan fingerprint density at radius 1 is 0.963 bits per heavy atom. The van der Waals surface area contributed by atoms with Crippen LogP contribution >= 0.6 is 15.9 Å². The number of benzene rings is 2. The molecule has 0 unspecified atom stereocenters. The number of amides is 1. The molecule has 0 atom stereocenters. The van der Waals surface area contributed by atoms with Crippen molar-refractivity contribution >= 4 is 39.2 Å². The number of pyridine rings is 1. The van der Waals surface area contributed by atoms with Gasteiger partial charge in [-0.2, -0.15) is 0 Å². The molecule has 1 amide bonds. The molecule has 0 aliphatic carbocycles. The Bertz CT molecular complexity index is 976. The summed E-state index contributed by atoms with van der Waals surface area (Å²) in [5.74, 6) is -0.976. The van der Waals surface area contributed by atoms with Gasteiger partial charge in [-0.1, -0.05) is 12.1 Å². The highest BCUT2D eigenvalue weighted by Gasteiger charge is 2.11. The highest BCUT2D eigenvalue weighted by Crippen LogP contribution is 2.19. The van der Waals surface area contributed by atoms with Gasteiger partial charge >= 0.3 is 5.97 Å². The minimum absolute atomic E-state index is 0.407. The number of hydrogen-bond donors (Lipinski definition) is 1. The third-order valence-corrected chi connectivity index (χ3v) is 4.10. The second-order valence-corrected chi connectivity index (χ2v) is 6.11. The molecule has 0 aliphatic rings. The molecular weight excluding hydrogens is 412 g/mol. The van der Waals surface area contributed by atoms with Gasteiger partial charge < -0.3 is 4.84 Å². The van der Waals surface area contributed by atoms with Crippen LogP contribution in [0.1, 0.15) is 20.7 Å². The Morgan fingerprint density at radius 2 is 1.67 bits per heavy atom. The fourth-order valence-corrected chi connectivity index (χ4v) is 2.49. The summed E-state index contributed by atoms with van der Waals surface area (Å²) in [4.78, 5) is 32.8. The third kappa shape index (κ3) is 5.05. The van der Waals surface area contributed by atoms with E-state index in [0.29, 0.717) is 27.0 Å². The van der Waals surface area contributed by atoms with Crippen LogP contribution in [-0.4, -0.2) is 16.9 Å². The maximum Gasteiger partial charge on any atom is 0.363 e. The molecule has 2 aromatic carbocycles. The zero-order valence-electron chi connectivity index (χ0n) is 13.9.